The van der Waals surface area contributed by atoms with Gasteiger partial charge in [0.05, 0.1) is 10.7 Å². The van der Waals surface area contributed by atoms with Crippen LogP contribution in [0.25, 0.3) is 0 Å². The van der Waals surface area contributed by atoms with E-state index in [0.717, 1.165) is 23.8 Å². The van der Waals surface area contributed by atoms with Crippen molar-refractivity contribution in [1.29, 1.82) is 0 Å². The summed E-state index contributed by atoms with van der Waals surface area (Å²) in [6, 6.07) is 3.65. The highest BCUT2D eigenvalue weighted by atomic mass is 32.1. The molecule has 2 aromatic heterocycles. The molecule has 0 aromatic carbocycles. The third-order valence-electron chi connectivity index (χ3n) is 1.95. The van der Waals surface area contributed by atoms with Gasteiger partial charge in [-0.05, 0) is 12.1 Å². The number of nitrogens with two attached hydrogens (primary N) is 1. The minimum absolute atomic E-state index is 0.677. The van der Waals surface area contributed by atoms with E-state index in [9.17, 15) is 0 Å². The number of anilines is 2. The lowest BCUT2D eigenvalue weighted by Gasteiger charge is -2.06. The van der Waals surface area contributed by atoms with Crippen LogP contribution in [0.5, 0.6) is 0 Å². The van der Waals surface area contributed by atoms with E-state index in [4.69, 9.17) is 5.73 Å². The van der Waals surface area contributed by atoms with Crippen molar-refractivity contribution in [2.24, 2.45) is 0 Å². The van der Waals surface area contributed by atoms with E-state index in [2.05, 4.69) is 15.3 Å². The van der Waals surface area contributed by atoms with Crippen molar-refractivity contribution in [1.82, 2.24) is 9.97 Å². The molecule has 2 rings (SSSR count). The number of nitrogen functional groups attached to an aromatic ring is 1. The average molecular weight is 220 g/mol. The molecule has 0 unspecified atom stereocenters. The maximum absolute atomic E-state index is 5.74. The van der Waals surface area contributed by atoms with Crippen LogP contribution in [0.15, 0.2) is 29.9 Å². The molecule has 5 heteroatoms. The first-order valence-corrected chi connectivity index (χ1v) is 5.57. The summed E-state index contributed by atoms with van der Waals surface area (Å²) in [5.74, 6) is 0.744. The third kappa shape index (κ3) is 2.66. The topological polar surface area (TPSA) is 63.8 Å². The van der Waals surface area contributed by atoms with E-state index in [-0.39, 0.29) is 0 Å². The number of pyridine rings is 1. The van der Waals surface area contributed by atoms with Crippen molar-refractivity contribution in [3.05, 3.63) is 34.9 Å². The summed E-state index contributed by atoms with van der Waals surface area (Å²) in [7, 11) is 0. The fourth-order valence-corrected chi connectivity index (χ4v) is 1.85. The molecule has 0 radical (unpaired) electrons. The molecule has 4 nitrogen and oxygen atoms in total. The maximum Gasteiger partial charge on any atom is 0.149 e. The lowest BCUT2D eigenvalue weighted by molar-refractivity contribution is 0.988. The predicted molar refractivity (Wildman–Crippen MR) is 63.0 cm³/mol. The molecule has 0 bridgehead atoms. The zero-order chi connectivity index (χ0) is 10.5. The van der Waals surface area contributed by atoms with Crippen LogP contribution in [-0.2, 0) is 6.42 Å². The molecule has 2 heterocycles. The fraction of sp³-hybridized carbons (Fsp3) is 0.200. The van der Waals surface area contributed by atoms with Crippen LogP contribution in [0.1, 0.15) is 5.01 Å². The van der Waals surface area contributed by atoms with Crippen LogP contribution in [0, 0.1) is 0 Å². The molecule has 0 saturated heterocycles. The quantitative estimate of drug-likeness (QED) is 0.824. The molecular weight excluding hydrogens is 208 g/mol. The van der Waals surface area contributed by atoms with Gasteiger partial charge in [-0.3, -0.25) is 0 Å². The van der Waals surface area contributed by atoms with E-state index in [1.54, 1.807) is 17.5 Å². The molecule has 0 saturated carbocycles. The lowest BCUT2D eigenvalue weighted by Crippen LogP contribution is -2.07. The van der Waals surface area contributed by atoms with Gasteiger partial charge in [0.2, 0.25) is 0 Å². The average Bonchev–Trinajstić information content (AvgIpc) is 2.74. The van der Waals surface area contributed by atoms with Crippen LogP contribution in [0.2, 0.25) is 0 Å². The summed E-state index contributed by atoms with van der Waals surface area (Å²) in [6.07, 6.45) is 4.44. The van der Waals surface area contributed by atoms with Crippen molar-refractivity contribution in [3.8, 4) is 0 Å². The first-order valence-electron chi connectivity index (χ1n) is 4.69. The van der Waals surface area contributed by atoms with Crippen LogP contribution in [0.4, 0.5) is 11.5 Å². The standard InChI is InChI=1S/C10H12N4S/c11-8-2-1-4-13-10(8)14-5-3-9-12-6-7-15-9/h1-2,4,6-7H,3,5,11H2,(H,13,14). The summed E-state index contributed by atoms with van der Waals surface area (Å²) in [5.41, 5.74) is 6.42. The Morgan fingerprint density at radius 3 is 3.00 bits per heavy atom. The molecule has 15 heavy (non-hydrogen) atoms. The largest absolute Gasteiger partial charge is 0.396 e. The fourth-order valence-electron chi connectivity index (χ4n) is 1.23. The lowest BCUT2D eigenvalue weighted by atomic mass is 10.4. The van der Waals surface area contributed by atoms with Crippen molar-refractivity contribution in [2.45, 2.75) is 6.42 Å². The second-order valence-electron chi connectivity index (χ2n) is 3.04. The predicted octanol–water partition coefficient (Wildman–Crippen LogP) is 1.77. The van der Waals surface area contributed by atoms with Crippen molar-refractivity contribution in [3.63, 3.8) is 0 Å². The first-order chi connectivity index (χ1) is 7.36. The number of hydrogen-bond acceptors (Lipinski definition) is 5. The molecular formula is C10H12N4S. The van der Waals surface area contributed by atoms with Gasteiger partial charge in [-0.1, -0.05) is 0 Å². The molecule has 0 spiro atoms. The molecule has 0 aliphatic carbocycles. The Labute approximate surface area is 92.2 Å². The van der Waals surface area contributed by atoms with Crippen LogP contribution in [0.3, 0.4) is 0 Å². The van der Waals surface area contributed by atoms with Gasteiger partial charge in [-0.15, -0.1) is 11.3 Å². The van der Waals surface area contributed by atoms with Gasteiger partial charge in [0.15, 0.2) is 0 Å². The minimum Gasteiger partial charge on any atom is -0.396 e. The molecule has 0 aliphatic rings. The summed E-state index contributed by atoms with van der Waals surface area (Å²) in [5, 5.41) is 6.28. The van der Waals surface area contributed by atoms with Gasteiger partial charge in [0.1, 0.15) is 5.82 Å². The van der Waals surface area contributed by atoms with E-state index >= 15 is 0 Å². The Bertz CT molecular complexity index is 413. The highest BCUT2D eigenvalue weighted by molar-refractivity contribution is 7.09. The molecule has 0 amide bonds. The molecule has 0 fully saturated rings. The van der Waals surface area contributed by atoms with Crippen molar-refractivity contribution >= 4 is 22.8 Å². The molecule has 3 N–H and O–H groups in total. The van der Waals surface area contributed by atoms with Crippen molar-refractivity contribution < 1.29 is 0 Å². The van der Waals surface area contributed by atoms with E-state index in [1.165, 1.54) is 0 Å². The Kier molecular flexibility index (Phi) is 3.14. The van der Waals surface area contributed by atoms with E-state index in [1.807, 2.05) is 23.7 Å². The summed E-state index contributed by atoms with van der Waals surface area (Å²) in [4.78, 5) is 8.34. The van der Waals surface area contributed by atoms with Gasteiger partial charge in [0, 0.05) is 30.7 Å². The van der Waals surface area contributed by atoms with Crippen LogP contribution >= 0.6 is 11.3 Å². The molecule has 0 atom stereocenters. The Hall–Kier alpha value is -1.62. The normalized spacial score (nSPS) is 10.1. The molecule has 78 valence electrons. The molecule has 0 aliphatic heterocycles. The van der Waals surface area contributed by atoms with Gasteiger partial charge in [-0.2, -0.15) is 0 Å². The minimum atomic E-state index is 0.677. The number of nitrogens with one attached hydrogen (secondary N) is 1. The van der Waals surface area contributed by atoms with E-state index in [0.29, 0.717) is 5.69 Å². The first kappa shape index (κ1) is 9.92. The third-order valence-corrected chi connectivity index (χ3v) is 2.79. The van der Waals surface area contributed by atoms with Crippen LogP contribution < -0.4 is 11.1 Å². The van der Waals surface area contributed by atoms with E-state index < -0.39 is 0 Å². The summed E-state index contributed by atoms with van der Waals surface area (Å²) >= 11 is 1.66. The molecule has 2 aromatic rings. The SMILES string of the molecule is Nc1cccnc1NCCc1nccs1. The highest BCUT2D eigenvalue weighted by Gasteiger charge is 1.99. The Morgan fingerprint density at radius 2 is 2.27 bits per heavy atom. The van der Waals surface area contributed by atoms with Gasteiger partial charge in [-0.25, -0.2) is 9.97 Å². The van der Waals surface area contributed by atoms with Crippen molar-refractivity contribution in [2.75, 3.05) is 17.6 Å². The number of hydrogen-bond donors (Lipinski definition) is 2. The second-order valence-corrected chi connectivity index (χ2v) is 4.02. The number of aromatic nitrogens is 2. The zero-order valence-corrected chi connectivity index (χ0v) is 9.00. The maximum atomic E-state index is 5.74. The number of thiazole rings is 1. The number of nitrogens with zero attached hydrogens (tertiary/aromatic N) is 2. The summed E-state index contributed by atoms with van der Waals surface area (Å²) in [6.45, 7) is 0.800. The summed E-state index contributed by atoms with van der Waals surface area (Å²) < 4.78 is 0. The Balaban J connectivity index is 1.86. The smallest absolute Gasteiger partial charge is 0.149 e. The highest BCUT2D eigenvalue weighted by Crippen LogP contribution is 2.13. The zero-order valence-electron chi connectivity index (χ0n) is 8.18. The number of rotatable bonds is 4. The second kappa shape index (κ2) is 4.75. The Morgan fingerprint density at radius 1 is 1.33 bits per heavy atom. The van der Waals surface area contributed by atoms with Crippen LogP contribution in [-0.4, -0.2) is 16.5 Å². The van der Waals surface area contributed by atoms with Gasteiger partial charge < -0.3 is 11.1 Å². The monoisotopic (exact) mass is 220 g/mol. The van der Waals surface area contributed by atoms with Gasteiger partial charge >= 0.3 is 0 Å². The van der Waals surface area contributed by atoms with Gasteiger partial charge in [0.25, 0.3) is 0 Å².